The van der Waals surface area contributed by atoms with E-state index < -0.39 is 0 Å². The second-order valence-electron chi connectivity index (χ2n) is 5.96. The Bertz CT molecular complexity index is 368. The van der Waals surface area contributed by atoms with Crippen LogP contribution in [-0.2, 0) is 14.4 Å². The maximum absolute atomic E-state index is 11.7. The van der Waals surface area contributed by atoms with Crippen molar-refractivity contribution in [3.05, 3.63) is 0 Å². The standard InChI is InChI=1S/C16H29N3O3S/c17-13-11-23-14(16(13)19-12-21)7-3-4-8-15(22)18-9-5-1-2-6-10-20/h10,12-14,16H,1-9,11,17H2,(H,18,22)(H,19,21)/t13?,14-,16?/m0/s1. The average Bonchev–Trinajstić information content (AvgIpc) is 2.88. The lowest BCUT2D eigenvalue weighted by atomic mass is 10.0. The van der Waals surface area contributed by atoms with E-state index in [0.717, 1.165) is 57.0 Å². The number of amides is 2. The number of aldehydes is 1. The normalized spacial score (nSPS) is 23.4. The van der Waals surface area contributed by atoms with Crippen LogP contribution in [0.4, 0.5) is 0 Å². The van der Waals surface area contributed by atoms with E-state index in [1.807, 2.05) is 11.8 Å². The molecule has 0 aromatic carbocycles. The lowest BCUT2D eigenvalue weighted by molar-refractivity contribution is -0.121. The van der Waals surface area contributed by atoms with Crippen molar-refractivity contribution in [3.63, 3.8) is 0 Å². The molecule has 2 amide bonds. The van der Waals surface area contributed by atoms with Crippen molar-refractivity contribution in [2.75, 3.05) is 12.3 Å². The van der Waals surface area contributed by atoms with Crippen molar-refractivity contribution in [1.29, 1.82) is 0 Å². The molecule has 1 aliphatic heterocycles. The van der Waals surface area contributed by atoms with Gasteiger partial charge in [0.15, 0.2) is 0 Å². The molecule has 4 N–H and O–H groups in total. The second-order valence-corrected chi connectivity index (χ2v) is 7.23. The van der Waals surface area contributed by atoms with Crippen molar-refractivity contribution in [3.8, 4) is 0 Å². The number of hydrogen-bond acceptors (Lipinski definition) is 5. The third kappa shape index (κ3) is 8.37. The number of carbonyl (C=O) groups excluding carboxylic acids is 3. The average molecular weight is 343 g/mol. The van der Waals surface area contributed by atoms with Crippen LogP contribution in [0.3, 0.4) is 0 Å². The molecule has 132 valence electrons. The zero-order valence-electron chi connectivity index (χ0n) is 13.7. The van der Waals surface area contributed by atoms with Crippen LogP contribution in [0.15, 0.2) is 0 Å². The molecule has 0 saturated carbocycles. The minimum Gasteiger partial charge on any atom is -0.356 e. The van der Waals surface area contributed by atoms with Gasteiger partial charge in [0.2, 0.25) is 12.3 Å². The predicted octanol–water partition coefficient (Wildman–Crippen LogP) is 0.980. The van der Waals surface area contributed by atoms with Gasteiger partial charge in [-0.2, -0.15) is 11.8 Å². The summed E-state index contributed by atoms with van der Waals surface area (Å²) in [5.74, 6) is 0.972. The van der Waals surface area contributed by atoms with Gasteiger partial charge in [0.05, 0.1) is 6.04 Å². The summed E-state index contributed by atoms with van der Waals surface area (Å²) in [6.45, 7) is 0.691. The lowest BCUT2D eigenvalue weighted by Gasteiger charge is -2.20. The highest BCUT2D eigenvalue weighted by Crippen LogP contribution is 2.30. The zero-order chi connectivity index (χ0) is 16.9. The summed E-state index contributed by atoms with van der Waals surface area (Å²) in [6.07, 6.45) is 8.42. The van der Waals surface area contributed by atoms with Crippen molar-refractivity contribution in [2.45, 2.75) is 68.7 Å². The Hall–Kier alpha value is -1.08. The predicted molar refractivity (Wildman–Crippen MR) is 93.2 cm³/mol. The number of hydrogen-bond donors (Lipinski definition) is 3. The monoisotopic (exact) mass is 343 g/mol. The van der Waals surface area contributed by atoms with E-state index in [1.165, 1.54) is 0 Å². The molecule has 3 atom stereocenters. The number of rotatable bonds is 13. The van der Waals surface area contributed by atoms with E-state index in [9.17, 15) is 14.4 Å². The first kappa shape index (κ1) is 20.0. The lowest BCUT2D eigenvalue weighted by Crippen LogP contribution is -2.46. The largest absolute Gasteiger partial charge is 0.356 e. The van der Waals surface area contributed by atoms with Crippen LogP contribution < -0.4 is 16.4 Å². The number of nitrogens with two attached hydrogens (primary N) is 1. The van der Waals surface area contributed by atoms with Crippen molar-refractivity contribution >= 4 is 30.4 Å². The Morgan fingerprint density at radius 3 is 2.74 bits per heavy atom. The SMILES string of the molecule is NC1CS[C@@H](CCCCC(=O)NCCCCCC=O)C1NC=O. The van der Waals surface area contributed by atoms with Gasteiger partial charge in [0.25, 0.3) is 0 Å². The number of unbranched alkanes of at least 4 members (excludes halogenated alkanes) is 4. The minimum atomic E-state index is 0.0257. The molecule has 1 rings (SSSR count). The number of carbonyl (C=O) groups is 3. The Labute approximate surface area is 142 Å². The molecule has 0 aromatic heterocycles. The number of nitrogens with one attached hydrogen (secondary N) is 2. The smallest absolute Gasteiger partial charge is 0.219 e. The van der Waals surface area contributed by atoms with E-state index in [-0.39, 0.29) is 18.0 Å². The fourth-order valence-corrected chi connectivity index (χ4v) is 4.26. The van der Waals surface area contributed by atoms with Gasteiger partial charge in [-0.25, -0.2) is 0 Å². The summed E-state index contributed by atoms with van der Waals surface area (Å²) in [4.78, 5) is 32.5. The fraction of sp³-hybridized carbons (Fsp3) is 0.812. The highest BCUT2D eigenvalue weighted by Gasteiger charge is 2.33. The van der Waals surface area contributed by atoms with Gasteiger partial charge < -0.3 is 21.2 Å². The van der Waals surface area contributed by atoms with Crippen molar-refractivity contribution < 1.29 is 14.4 Å². The molecule has 2 unspecified atom stereocenters. The molecule has 0 radical (unpaired) electrons. The first-order chi connectivity index (χ1) is 11.2. The summed E-state index contributed by atoms with van der Waals surface area (Å²) in [5, 5.41) is 6.09. The van der Waals surface area contributed by atoms with Crippen LogP contribution in [0, 0.1) is 0 Å². The Morgan fingerprint density at radius 2 is 2.00 bits per heavy atom. The van der Waals surface area contributed by atoms with Gasteiger partial charge in [0, 0.05) is 36.4 Å². The quantitative estimate of drug-likeness (QED) is 0.342. The highest BCUT2D eigenvalue weighted by molar-refractivity contribution is 8.00. The van der Waals surface area contributed by atoms with Crippen LogP contribution in [-0.4, -0.2) is 48.2 Å². The van der Waals surface area contributed by atoms with Crippen LogP contribution in [0.2, 0.25) is 0 Å². The first-order valence-corrected chi connectivity index (χ1v) is 9.51. The highest BCUT2D eigenvalue weighted by atomic mass is 32.2. The van der Waals surface area contributed by atoms with Gasteiger partial charge in [-0.3, -0.25) is 9.59 Å². The summed E-state index contributed by atoms with van der Waals surface area (Å²) < 4.78 is 0. The molecule has 0 aliphatic carbocycles. The Balaban J connectivity index is 2.02. The minimum absolute atomic E-state index is 0.0257. The topological polar surface area (TPSA) is 101 Å². The molecular formula is C16H29N3O3S. The van der Waals surface area contributed by atoms with Crippen LogP contribution in [0.25, 0.3) is 0 Å². The molecular weight excluding hydrogens is 314 g/mol. The molecule has 0 aromatic rings. The van der Waals surface area contributed by atoms with Gasteiger partial charge in [0.1, 0.15) is 6.29 Å². The molecule has 1 heterocycles. The Kier molecular flexibility index (Phi) is 10.7. The zero-order valence-corrected chi connectivity index (χ0v) is 14.5. The summed E-state index contributed by atoms with van der Waals surface area (Å²) in [5.41, 5.74) is 5.98. The van der Waals surface area contributed by atoms with Gasteiger partial charge >= 0.3 is 0 Å². The Morgan fingerprint density at radius 1 is 1.17 bits per heavy atom. The third-order valence-corrected chi connectivity index (χ3v) is 5.62. The van der Waals surface area contributed by atoms with Crippen LogP contribution in [0.5, 0.6) is 0 Å². The summed E-state index contributed by atoms with van der Waals surface area (Å²) >= 11 is 1.81. The van der Waals surface area contributed by atoms with Crippen molar-refractivity contribution in [1.82, 2.24) is 10.6 Å². The maximum atomic E-state index is 11.7. The summed E-state index contributed by atoms with van der Waals surface area (Å²) in [6, 6.07) is 0.0791. The molecule has 6 nitrogen and oxygen atoms in total. The first-order valence-electron chi connectivity index (χ1n) is 8.46. The van der Waals surface area contributed by atoms with E-state index in [4.69, 9.17) is 5.73 Å². The molecule has 1 aliphatic rings. The van der Waals surface area contributed by atoms with Gasteiger partial charge in [-0.15, -0.1) is 0 Å². The van der Waals surface area contributed by atoms with Crippen molar-refractivity contribution in [2.24, 2.45) is 5.73 Å². The molecule has 23 heavy (non-hydrogen) atoms. The molecule has 7 heteroatoms. The maximum Gasteiger partial charge on any atom is 0.219 e. The number of thioether (sulfide) groups is 1. The van der Waals surface area contributed by atoms with E-state index in [2.05, 4.69) is 10.6 Å². The molecule has 0 spiro atoms. The third-order valence-electron chi connectivity index (χ3n) is 4.09. The van der Waals surface area contributed by atoms with E-state index >= 15 is 0 Å². The van der Waals surface area contributed by atoms with Crippen LogP contribution >= 0.6 is 11.8 Å². The van der Waals surface area contributed by atoms with Gasteiger partial charge in [-0.1, -0.05) is 12.8 Å². The molecule has 0 bridgehead atoms. The molecule has 1 fully saturated rings. The van der Waals surface area contributed by atoms with Crippen LogP contribution in [0.1, 0.15) is 51.4 Å². The second kappa shape index (κ2) is 12.4. The van der Waals surface area contributed by atoms with E-state index in [0.29, 0.717) is 24.6 Å². The molecule has 1 saturated heterocycles. The summed E-state index contributed by atoms with van der Waals surface area (Å²) in [7, 11) is 0. The van der Waals surface area contributed by atoms with Gasteiger partial charge in [-0.05, 0) is 25.7 Å². The fourth-order valence-electron chi connectivity index (χ4n) is 2.77. The van der Waals surface area contributed by atoms with E-state index in [1.54, 1.807) is 0 Å².